The van der Waals surface area contributed by atoms with Crippen molar-refractivity contribution in [2.24, 2.45) is 0 Å². The number of benzene rings is 1. The zero-order chi connectivity index (χ0) is 14.5. The molecule has 0 saturated heterocycles. The van der Waals surface area contributed by atoms with Crippen LogP contribution in [0.15, 0.2) is 36.5 Å². The number of hydrogen-bond acceptors (Lipinski definition) is 5. The molecule has 104 valence electrons. The van der Waals surface area contributed by atoms with Crippen molar-refractivity contribution in [1.29, 1.82) is 0 Å². The molecule has 2 aromatic rings. The lowest BCUT2D eigenvalue weighted by molar-refractivity contribution is 0.0690. The summed E-state index contributed by atoms with van der Waals surface area (Å²) in [5, 5.41) is 8.77. The van der Waals surface area contributed by atoms with E-state index >= 15 is 0 Å². The van der Waals surface area contributed by atoms with Crippen LogP contribution in [0, 0.1) is 0 Å². The molecule has 0 amide bonds. The summed E-state index contributed by atoms with van der Waals surface area (Å²) in [6.07, 6.45) is 1.34. The van der Waals surface area contributed by atoms with Crippen molar-refractivity contribution in [3.8, 4) is 23.0 Å². The van der Waals surface area contributed by atoms with Crippen molar-refractivity contribution in [3.05, 3.63) is 42.2 Å². The second kappa shape index (κ2) is 5.92. The third-order valence-electron chi connectivity index (χ3n) is 2.55. The molecular weight excluding hydrogens is 262 g/mol. The molecular formula is C14H13NO5. The van der Waals surface area contributed by atoms with E-state index in [-0.39, 0.29) is 5.69 Å². The Morgan fingerprint density at radius 1 is 1.05 bits per heavy atom. The number of methoxy groups -OCH3 is 2. The first-order valence-corrected chi connectivity index (χ1v) is 5.73. The van der Waals surface area contributed by atoms with Crippen molar-refractivity contribution >= 4 is 5.97 Å². The summed E-state index contributed by atoms with van der Waals surface area (Å²) in [6.45, 7) is 0. The highest BCUT2D eigenvalue weighted by molar-refractivity contribution is 5.85. The van der Waals surface area contributed by atoms with Crippen molar-refractivity contribution in [2.75, 3.05) is 14.2 Å². The third-order valence-corrected chi connectivity index (χ3v) is 2.55. The number of nitrogens with zero attached hydrogens (tertiary/aromatic N) is 1. The molecule has 0 saturated carbocycles. The van der Waals surface area contributed by atoms with E-state index in [1.165, 1.54) is 25.4 Å². The zero-order valence-electron chi connectivity index (χ0n) is 11.0. The third kappa shape index (κ3) is 2.97. The van der Waals surface area contributed by atoms with Gasteiger partial charge in [0.15, 0.2) is 11.5 Å². The lowest BCUT2D eigenvalue weighted by Gasteiger charge is -2.11. The summed E-state index contributed by atoms with van der Waals surface area (Å²) in [4.78, 5) is 14.5. The van der Waals surface area contributed by atoms with Gasteiger partial charge < -0.3 is 19.3 Å². The first-order chi connectivity index (χ1) is 9.63. The van der Waals surface area contributed by atoms with E-state index in [1.807, 2.05) is 0 Å². The number of carbonyl (C=O) groups is 1. The number of hydrogen-bond donors (Lipinski definition) is 1. The van der Waals surface area contributed by atoms with Gasteiger partial charge in [-0.2, -0.15) is 0 Å². The Kier molecular flexibility index (Phi) is 4.05. The number of carboxylic acids is 1. The highest BCUT2D eigenvalue weighted by Gasteiger charge is 2.09. The number of ether oxygens (including phenoxy) is 3. The number of aromatic nitrogens is 1. The molecule has 1 aromatic heterocycles. The topological polar surface area (TPSA) is 77.9 Å². The van der Waals surface area contributed by atoms with Crippen molar-refractivity contribution in [2.45, 2.75) is 0 Å². The molecule has 6 heteroatoms. The Morgan fingerprint density at radius 3 is 2.35 bits per heavy atom. The van der Waals surface area contributed by atoms with Crippen LogP contribution in [0.1, 0.15) is 10.5 Å². The average Bonchev–Trinajstić information content (AvgIpc) is 2.48. The Labute approximate surface area is 115 Å². The van der Waals surface area contributed by atoms with Crippen LogP contribution in [0.4, 0.5) is 0 Å². The van der Waals surface area contributed by atoms with Gasteiger partial charge in [-0.1, -0.05) is 0 Å². The monoisotopic (exact) mass is 275 g/mol. The molecule has 0 aliphatic carbocycles. The molecule has 20 heavy (non-hydrogen) atoms. The van der Waals surface area contributed by atoms with E-state index in [2.05, 4.69) is 4.98 Å². The molecule has 0 bridgehead atoms. The summed E-state index contributed by atoms with van der Waals surface area (Å²) in [5.74, 6) is 0.968. The zero-order valence-corrected chi connectivity index (χ0v) is 11.0. The molecule has 0 radical (unpaired) electrons. The highest BCUT2D eigenvalue weighted by atomic mass is 16.5. The summed E-state index contributed by atoms with van der Waals surface area (Å²) in [5.41, 5.74) is -0.0426. The Bertz CT molecular complexity index is 609. The highest BCUT2D eigenvalue weighted by Crippen LogP contribution is 2.34. The van der Waals surface area contributed by atoms with Gasteiger partial charge in [-0.15, -0.1) is 0 Å². The van der Waals surface area contributed by atoms with Gasteiger partial charge in [0.1, 0.15) is 17.2 Å². The quantitative estimate of drug-likeness (QED) is 0.903. The molecule has 0 fully saturated rings. The molecule has 2 rings (SSSR count). The average molecular weight is 275 g/mol. The smallest absolute Gasteiger partial charge is 0.354 e. The summed E-state index contributed by atoms with van der Waals surface area (Å²) >= 11 is 0. The second-order valence-corrected chi connectivity index (χ2v) is 3.80. The minimum Gasteiger partial charge on any atom is -0.497 e. The SMILES string of the molecule is COc1ccc(Oc2ccc(C(=O)O)nc2)c(OC)c1. The normalized spacial score (nSPS) is 9.90. The summed E-state index contributed by atoms with van der Waals surface area (Å²) in [6, 6.07) is 8.02. The van der Waals surface area contributed by atoms with E-state index in [9.17, 15) is 4.79 Å². The molecule has 0 unspecified atom stereocenters. The number of rotatable bonds is 5. The minimum absolute atomic E-state index is 0.0426. The van der Waals surface area contributed by atoms with Crippen LogP contribution in [0.2, 0.25) is 0 Å². The summed E-state index contributed by atoms with van der Waals surface area (Å²) < 4.78 is 15.9. The van der Waals surface area contributed by atoms with Gasteiger partial charge in [0.2, 0.25) is 0 Å². The second-order valence-electron chi connectivity index (χ2n) is 3.80. The number of carboxylic acid groups (broad SMARTS) is 1. The van der Waals surface area contributed by atoms with Crippen LogP contribution < -0.4 is 14.2 Å². The molecule has 1 heterocycles. The molecule has 1 aromatic carbocycles. The lowest BCUT2D eigenvalue weighted by Crippen LogP contribution is -1.99. The van der Waals surface area contributed by atoms with Gasteiger partial charge in [-0.25, -0.2) is 9.78 Å². The van der Waals surface area contributed by atoms with Gasteiger partial charge >= 0.3 is 5.97 Å². The van der Waals surface area contributed by atoms with Gasteiger partial charge in [0.05, 0.1) is 20.4 Å². The Morgan fingerprint density at radius 2 is 1.80 bits per heavy atom. The summed E-state index contributed by atoms with van der Waals surface area (Å²) in [7, 11) is 3.08. The van der Waals surface area contributed by atoms with Crippen LogP contribution in [0.3, 0.4) is 0 Å². The van der Waals surface area contributed by atoms with E-state index in [0.717, 1.165) is 0 Å². The molecule has 6 nitrogen and oxygen atoms in total. The lowest BCUT2D eigenvalue weighted by atomic mass is 10.3. The molecule has 0 atom stereocenters. The fourth-order valence-electron chi connectivity index (χ4n) is 1.55. The van der Waals surface area contributed by atoms with Crippen LogP contribution in [-0.2, 0) is 0 Å². The standard InChI is InChI=1S/C14H13NO5/c1-18-9-4-6-12(13(7-9)19-2)20-10-3-5-11(14(16)17)15-8-10/h3-8H,1-2H3,(H,16,17). The van der Waals surface area contributed by atoms with Crippen LogP contribution >= 0.6 is 0 Å². The molecule has 0 aliphatic heterocycles. The number of aromatic carboxylic acids is 1. The van der Waals surface area contributed by atoms with E-state index in [1.54, 1.807) is 25.3 Å². The van der Waals surface area contributed by atoms with Gasteiger partial charge in [0, 0.05) is 6.07 Å². The molecule has 0 aliphatic rings. The Hall–Kier alpha value is -2.76. The maximum atomic E-state index is 10.7. The van der Waals surface area contributed by atoms with Gasteiger partial charge in [0.25, 0.3) is 0 Å². The van der Waals surface area contributed by atoms with Crippen LogP contribution in [0.25, 0.3) is 0 Å². The fourth-order valence-corrected chi connectivity index (χ4v) is 1.55. The van der Waals surface area contributed by atoms with Crippen LogP contribution in [-0.4, -0.2) is 30.3 Å². The van der Waals surface area contributed by atoms with Crippen molar-refractivity contribution in [1.82, 2.24) is 4.98 Å². The maximum absolute atomic E-state index is 10.7. The van der Waals surface area contributed by atoms with Crippen molar-refractivity contribution in [3.63, 3.8) is 0 Å². The first-order valence-electron chi connectivity index (χ1n) is 5.73. The van der Waals surface area contributed by atoms with Gasteiger partial charge in [-0.3, -0.25) is 0 Å². The fraction of sp³-hybridized carbons (Fsp3) is 0.143. The van der Waals surface area contributed by atoms with E-state index in [0.29, 0.717) is 23.0 Å². The van der Waals surface area contributed by atoms with Gasteiger partial charge in [-0.05, 0) is 24.3 Å². The van der Waals surface area contributed by atoms with E-state index in [4.69, 9.17) is 19.3 Å². The molecule has 1 N–H and O–H groups in total. The first kappa shape index (κ1) is 13.7. The Balaban J connectivity index is 2.23. The minimum atomic E-state index is -1.08. The van der Waals surface area contributed by atoms with E-state index < -0.39 is 5.97 Å². The largest absolute Gasteiger partial charge is 0.497 e. The maximum Gasteiger partial charge on any atom is 0.354 e. The predicted molar refractivity (Wildman–Crippen MR) is 70.8 cm³/mol. The molecule has 0 spiro atoms. The van der Waals surface area contributed by atoms with Crippen LogP contribution in [0.5, 0.6) is 23.0 Å². The predicted octanol–water partition coefficient (Wildman–Crippen LogP) is 2.59. The van der Waals surface area contributed by atoms with Crippen molar-refractivity contribution < 1.29 is 24.1 Å². The number of pyridine rings is 1.